The van der Waals surface area contributed by atoms with Gasteiger partial charge in [0.15, 0.2) is 17.3 Å². The molecule has 0 bridgehead atoms. The van der Waals surface area contributed by atoms with E-state index in [0.717, 1.165) is 28.1 Å². The molecule has 4 rings (SSSR count). The third-order valence-electron chi connectivity index (χ3n) is 4.50. The molecule has 3 aromatic rings. The SMILES string of the molecule is CC(=Cc1nc(CNCc2ccc3c(c2)OCO3)c2cc(Cl)ccc2n1)C(=O)O. The molecule has 1 aliphatic rings. The number of aromatic nitrogens is 2. The summed E-state index contributed by atoms with van der Waals surface area (Å²) in [5, 5.41) is 13.9. The summed E-state index contributed by atoms with van der Waals surface area (Å²) in [6.45, 7) is 2.81. The summed E-state index contributed by atoms with van der Waals surface area (Å²) >= 11 is 6.15. The molecule has 0 radical (unpaired) electrons. The number of halogens is 1. The third kappa shape index (κ3) is 4.31. The molecule has 2 N–H and O–H groups in total. The summed E-state index contributed by atoms with van der Waals surface area (Å²) in [4.78, 5) is 20.1. The Morgan fingerprint density at radius 1 is 1.17 bits per heavy atom. The number of nitrogens with zero attached hydrogens (tertiary/aromatic N) is 2. The summed E-state index contributed by atoms with van der Waals surface area (Å²) in [6, 6.07) is 11.2. The van der Waals surface area contributed by atoms with Crippen LogP contribution in [0, 0.1) is 0 Å². The zero-order valence-corrected chi connectivity index (χ0v) is 16.4. The van der Waals surface area contributed by atoms with Crippen LogP contribution in [0.25, 0.3) is 17.0 Å². The van der Waals surface area contributed by atoms with Crippen LogP contribution in [0.1, 0.15) is 24.0 Å². The molecule has 1 aliphatic heterocycles. The van der Waals surface area contributed by atoms with E-state index in [2.05, 4.69) is 15.3 Å². The minimum atomic E-state index is -1.01. The van der Waals surface area contributed by atoms with Crippen LogP contribution in [0.3, 0.4) is 0 Å². The second kappa shape index (κ2) is 8.06. The fourth-order valence-electron chi connectivity index (χ4n) is 3.01. The lowest BCUT2D eigenvalue weighted by Crippen LogP contribution is -2.15. The quantitative estimate of drug-likeness (QED) is 0.596. The molecule has 0 amide bonds. The van der Waals surface area contributed by atoms with E-state index in [1.165, 1.54) is 13.0 Å². The standard InChI is InChI=1S/C21H18ClN3O4/c1-12(21(26)27)6-20-24-16-4-3-14(22)8-15(16)17(25-20)10-23-9-13-2-5-18-19(7-13)29-11-28-18/h2-8,23H,9-11H2,1H3,(H,26,27). The van der Waals surface area contributed by atoms with Gasteiger partial charge in [-0.3, -0.25) is 0 Å². The highest BCUT2D eigenvalue weighted by atomic mass is 35.5. The van der Waals surface area contributed by atoms with Crippen LogP contribution in [0.5, 0.6) is 11.5 Å². The van der Waals surface area contributed by atoms with Crippen molar-refractivity contribution in [3.63, 3.8) is 0 Å². The van der Waals surface area contributed by atoms with Crippen LogP contribution in [0.15, 0.2) is 42.0 Å². The number of ether oxygens (including phenoxy) is 2. The monoisotopic (exact) mass is 411 g/mol. The van der Waals surface area contributed by atoms with E-state index in [9.17, 15) is 4.79 Å². The summed E-state index contributed by atoms with van der Waals surface area (Å²) in [5.41, 5.74) is 2.65. The predicted molar refractivity (Wildman–Crippen MR) is 109 cm³/mol. The van der Waals surface area contributed by atoms with E-state index in [0.29, 0.717) is 29.5 Å². The first-order valence-electron chi connectivity index (χ1n) is 8.96. The minimum Gasteiger partial charge on any atom is -0.478 e. The van der Waals surface area contributed by atoms with Crippen LogP contribution >= 0.6 is 11.6 Å². The first kappa shape index (κ1) is 19.2. The highest BCUT2D eigenvalue weighted by Crippen LogP contribution is 2.32. The number of hydrogen-bond acceptors (Lipinski definition) is 6. The average Bonchev–Trinajstić information content (AvgIpc) is 3.16. The van der Waals surface area contributed by atoms with Gasteiger partial charge < -0.3 is 19.9 Å². The van der Waals surface area contributed by atoms with Gasteiger partial charge in [0.25, 0.3) is 0 Å². The summed E-state index contributed by atoms with van der Waals surface area (Å²) in [5.74, 6) is 0.822. The van der Waals surface area contributed by atoms with Gasteiger partial charge in [-0.15, -0.1) is 0 Å². The van der Waals surface area contributed by atoms with Crippen LogP contribution in [0.2, 0.25) is 5.02 Å². The third-order valence-corrected chi connectivity index (χ3v) is 4.73. The molecule has 0 saturated heterocycles. The Labute approximate surface area is 172 Å². The van der Waals surface area contributed by atoms with Gasteiger partial charge in [-0.05, 0) is 48.9 Å². The maximum Gasteiger partial charge on any atom is 0.331 e. The highest BCUT2D eigenvalue weighted by Gasteiger charge is 2.13. The molecule has 8 heteroatoms. The van der Waals surface area contributed by atoms with E-state index in [-0.39, 0.29) is 12.4 Å². The van der Waals surface area contributed by atoms with E-state index in [1.54, 1.807) is 12.1 Å². The van der Waals surface area contributed by atoms with Crippen molar-refractivity contribution in [2.75, 3.05) is 6.79 Å². The van der Waals surface area contributed by atoms with Gasteiger partial charge in [0, 0.05) is 29.1 Å². The van der Waals surface area contributed by atoms with Crippen LogP contribution in [-0.2, 0) is 17.9 Å². The number of nitrogens with one attached hydrogen (secondary N) is 1. The number of fused-ring (bicyclic) bond motifs is 2. The topological polar surface area (TPSA) is 93.6 Å². The Bertz CT molecular complexity index is 1130. The molecule has 2 heterocycles. The Balaban J connectivity index is 1.58. The van der Waals surface area contributed by atoms with Crippen LogP contribution in [0.4, 0.5) is 0 Å². The molecule has 7 nitrogen and oxygen atoms in total. The van der Waals surface area contributed by atoms with Gasteiger partial charge in [0.1, 0.15) is 0 Å². The number of carboxylic acids is 1. The second-order valence-corrected chi connectivity index (χ2v) is 7.05. The van der Waals surface area contributed by atoms with E-state index < -0.39 is 5.97 Å². The van der Waals surface area contributed by atoms with Gasteiger partial charge in [-0.25, -0.2) is 14.8 Å². The Morgan fingerprint density at radius 2 is 2.00 bits per heavy atom. The lowest BCUT2D eigenvalue weighted by atomic mass is 10.1. The first-order chi connectivity index (χ1) is 14.0. The normalized spacial score (nSPS) is 13.1. The number of aliphatic carboxylic acids is 1. The van der Waals surface area contributed by atoms with Gasteiger partial charge in [-0.1, -0.05) is 17.7 Å². The molecular formula is C21H18ClN3O4. The van der Waals surface area contributed by atoms with Crippen molar-refractivity contribution >= 4 is 34.5 Å². The number of rotatable bonds is 6. The minimum absolute atomic E-state index is 0.164. The van der Waals surface area contributed by atoms with Crippen molar-refractivity contribution in [2.24, 2.45) is 0 Å². The lowest BCUT2D eigenvalue weighted by molar-refractivity contribution is -0.132. The van der Waals surface area contributed by atoms with Crippen molar-refractivity contribution < 1.29 is 19.4 Å². The van der Waals surface area contributed by atoms with Gasteiger partial charge >= 0.3 is 5.97 Å². The smallest absolute Gasteiger partial charge is 0.331 e. The fraction of sp³-hybridized carbons (Fsp3) is 0.190. The summed E-state index contributed by atoms with van der Waals surface area (Å²) in [7, 11) is 0. The van der Waals surface area contributed by atoms with E-state index >= 15 is 0 Å². The maximum absolute atomic E-state index is 11.1. The molecule has 0 fully saturated rings. The molecule has 29 heavy (non-hydrogen) atoms. The number of carboxylic acid groups (broad SMARTS) is 1. The van der Waals surface area contributed by atoms with Crippen molar-refractivity contribution in [3.05, 3.63) is 64.1 Å². The first-order valence-corrected chi connectivity index (χ1v) is 9.34. The molecule has 0 spiro atoms. The number of carbonyl (C=O) groups is 1. The highest BCUT2D eigenvalue weighted by molar-refractivity contribution is 6.31. The molecule has 1 aromatic heterocycles. The Kier molecular flexibility index (Phi) is 5.33. The van der Waals surface area contributed by atoms with Crippen LogP contribution in [-0.4, -0.2) is 27.8 Å². The predicted octanol–water partition coefficient (Wildman–Crippen LogP) is 3.79. The van der Waals surface area contributed by atoms with Crippen molar-refractivity contribution in [1.82, 2.24) is 15.3 Å². The molecule has 0 saturated carbocycles. The van der Waals surface area contributed by atoms with E-state index in [1.807, 2.05) is 24.3 Å². The largest absolute Gasteiger partial charge is 0.478 e. The molecule has 0 unspecified atom stereocenters. The zero-order chi connectivity index (χ0) is 20.4. The molecular weight excluding hydrogens is 394 g/mol. The van der Waals surface area contributed by atoms with E-state index in [4.69, 9.17) is 26.2 Å². The Morgan fingerprint density at radius 3 is 2.83 bits per heavy atom. The second-order valence-electron chi connectivity index (χ2n) is 6.61. The lowest BCUT2D eigenvalue weighted by Gasteiger charge is -2.10. The van der Waals surface area contributed by atoms with Crippen LogP contribution < -0.4 is 14.8 Å². The van der Waals surface area contributed by atoms with Crippen molar-refractivity contribution in [3.8, 4) is 11.5 Å². The number of benzene rings is 2. The fourth-order valence-corrected chi connectivity index (χ4v) is 3.19. The number of hydrogen-bond donors (Lipinski definition) is 2. The molecule has 0 atom stereocenters. The summed E-state index contributed by atoms with van der Waals surface area (Å²) < 4.78 is 10.7. The molecule has 148 valence electrons. The van der Waals surface area contributed by atoms with Crippen molar-refractivity contribution in [1.29, 1.82) is 0 Å². The van der Waals surface area contributed by atoms with Gasteiger partial charge in [0.2, 0.25) is 6.79 Å². The summed E-state index contributed by atoms with van der Waals surface area (Å²) in [6.07, 6.45) is 1.46. The molecule has 0 aliphatic carbocycles. The molecule has 2 aromatic carbocycles. The maximum atomic E-state index is 11.1. The zero-order valence-electron chi connectivity index (χ0n) is 15.6. The van der Waals surface area contributed by atoms with Gasteiger partial charge in [0.05, 0.1) is 11.2 Å². The van der Waals surface area contributed by atoms with Crippen molar-refractivity contribution in [2.45, 2.75) is 20.0 Å². The van der Waals surface area contributed by atoms with Gasteiger partial charge in [-0.2, -0.15) is 0 Å². The Hall–Kier alpha value is -3.16. The average molecular weight is 412 g/mol.